The quantitative estimate of drug-likeness (QED) is 0.393. The lowest BCUT2D eigenvalue weighted by atomic mass is 9.88. The van der Waals surface area contributed by atoms with E-state index < -0.39 is 5.97 Å². The molecule has 0 atom stereocenters. The number of carbonyl (C=O) groups is 2. The van der Waals surface area contributed by atoms with Gasteiger partial charge in [0.1, 0.15) is 0 Å². The first-order valence-corrected chi connectivity index (χ1v) is 12.1. The van der Waals surface area contributed by atoms with Crippen LogP contribution in [0.15, 0.2) is 78.9 Å². The number of aliphatic carboxylic acids is 1. The van der Waals surface area contributed by atoms with Gasteiger partial charge < -0.3 is 15.1 Å². The summed E-state index contributed by atoms with van der Waals surface area (Å²) in [6.45, 7) is 0.448. The first-order valence-electron chi connectivity index (χ1n) is 12.1. The van der Waals surface area contributed by atoms with Crippen LogP contribution < -0.4 is 4.90 Å². The largest absolute Gasteiger partial charge is 0.478 e. The van der Waals surface area contributed by atoms with Crippen LogP contribution in [0.2, 0.25) is 0 Å². The molecule has 0 saturated heterocycles. The SMILES string of the molecule is O=C(O)C=Cc1cccc(N(Cc2ccc(-c3cccc(CO)c3)cc2)C(=O)C2CCCCC2)c1. The summed E-state index contributed by atoms with van der Waals surface area (Å²) in [5.74, 6) is -0.860. The molecular formula is C30H31NO4. The van der Waals surface area contributed by atoms with E-state index in [0.29, 0.717) is 6.54 Å². The molecule has 1 fully saturated rings. The molecule has 3 aromatic rings. The van der Waals surface area contributed by atoms with Crippen molar-refractivity contribution >= 4 is 23.6 Å². The number of aliphatic hydroxyl groups excluding tert-OH is 1. The fourth-order valence-electron chi connectivity index (χ4n) is 4.66. The molecule has 180 valence electrons. The van der Waals surface area contributed by atoms with Crippen molar-refractivity contribution in [1.82, 2.24) is 0 Å². The minimum absolute atomic E-state index is 0.00484. The van der Waals surface area contributed by atoms with Crippen molar-refractivity contribution < 1.29 is 19.8 Å². The van der Waals surface area contributed by atoms with Gasteiger partial charge in [-0.05, 0) is 64.9 Å². The molecule has 5 heteroatoms. The standard InChI is InChI=1S/C30H31NO4/c32-21-24-7-4-10-27(18-24)25-15-12-23(13-16-25)20-31(30(35)26-8-2-1-3-9-26)28-11-5-6-22(19-28)14-17-29(33)34/h4-7,10-19,26,32H,1-3,8-9,20-21H2,(H,33,34). The highest BCUT2D eigenvalue weighted by Gasteiger charge is 2.27. The van der Waals surface area contributed by atoms with Crippen molar-refractivity contribution in [3.8, 4) is 11.1 Å². The summed E-state index contributed by atoms with van der Waals surface area (Å²) in [7, 11) is 0. The summed E-state index contributed by atoms with van der Waals surface area (Å²) in [5, 5.41) is 18.4. The Morgan fingerprint density at radius 2 is 1.60 bits per heavy atom. The molecular weight excluding hydrogens is 438 g/mol. The number of carboxylic acids is 1. The molecule has 0 unspecified atom stereocenters. The maximum absolute atomic E-state index is 13.6. The third-order valence-electron chi connectivity index (χ3n) is 6.56. The molecule has 0 heterocycles. The number of anilines is 1. The van der Waals surface area contributed by atoms with Crippen LogP contribution in [0.1, 0.15) is 48.8 Å². The Labute approximate surface area is 206 Å². The molecule has 1 aliphatic rings. The first kappa shape index (κ1) is 24.4. The van der Waals surface area contributed by atoms with E-state index in [2.05, 4.69) is 0 Å². The molecule has 0 spiro atoms. The number of benzene rings is 3. The number of aliphatic hydroxyl groups is 1. The molecule has 0 aromatic heterocycles. The highest BCUT2D eigenvalue weighted by molar-refractivity contribution is 5.95. The number of rotatable bonds is 8. The predicted octanol–water partition coefficient (Wildman–Crippen LogP) is 6.06. The Kier molecular flexibility index (Phi) is 8.11. The van der Waals surface area contributed by atoms with E-state index in [0.717, 1.165) is 65.3 Å². The van der Waals surface area contributed by atoms with Crippen LogP contribution in [0, 0.1) is 5.92 Å². The smallest absolute Gasteiger partial charge is 0.328 e. The van der Waals surface area contributed by atoms with Crippen molar-refractivity contribution in [3.05, 3.63) is 95.6 Å². The third-order valence-corrected chi connectivity index (χ3v) is 6.56. The third kappa shape index (κ3) is 6.46. The van der Waals surface area contributed by atoms with Crippen LogP contribution in [-0.2, 0) is 22.7 Å². The summed E-state index contributed by atoms with van der Waals surface area (Å²) in [5.41, 5.74) is 5.49. The zero-order valence-corrected chi connectivity index (χ0v) is 19.8. The van der Waals surface area contributed by atoms with Gasteiger partial charge in [-0.25, -0.2) is 4.79 Å². The fraction of sp³-hybridized carbons (Fsp3) is 0.267. The lowest BCUT2D eigenvalue weighted by molar-refractivity contribution is -0.131. The average Bonchev–Trinajstić information content (AvgIpc) is 2.91. The van der Waals surface area contributed by atoms with E-state index in [-0.39, 0.29) is 18.4 Å². The monoisotopic (exact) mass is 469 g/mol. The first-order chi connectivity index (χ1) is 17.0. The molecule has 4 rings (SSSR count). The normalized spacial score (nSPS) is 14.2. The maximum Gasteiger partial charge on any atom is 0.328 e. The Hall–Kier alpha value is -3.70. The van der Waals surface area contributed by atoms with Gasteiger partial charge in [0, 0.05) is 17.7 Å². The number of amides is 1. The van der Waals surface area contributed by atoms with Gasteiger partial charge in [-0.2, -0.15) is 0 Å². The van der Waals surface area contributed by atoms with E-state index in [9.17, 15) is 14.7 Å². The zero-order chi connectivity index (χ0) is 24.6. The van der Waals surface area contributed by atoms with Crippen LogP contribution in [0.4, 0.5) is 5.69 Å². The van der Waals surface area contributed by atoms with Crippen molar-refractivity contribution in [2.45, 2.75) is 45.3 Å². The van der Waals surface area contributed by atoms with E-state index in [1.165, 1.54) is 6.42 Å². The minimum atomic E-state index is -1.00. The predicted molar refractivity (Wildman–Crippen MR) is 139 cm³/mol. The van der Waals surface area contributed by atoms with Crippen LogP contribution in [0.3, 0.4) is 0 Å². The van der Waals surface area contributed by atoms with Crippen molar-refractivity contribution in [1.29, 1.82) is 0 Å². The van der Waals surface area contributed by atoms with Gasteiger partial charge in [0.25, 0.3) is 0 Å². The van der Waals surface area contributed by atoms with E-state index in [4.69, 9.17) is 5.11 Å². The average molecular weight is 470 g/mol. The molecule has 0 aliphatic heterocycles. The van der Waals surface area contributed by atoms with Gasteiger partial charge in [-0.15, -0.1) is 0 Å². The Balaban J connectivity index is 1.61. The molecule has 3 aromatic carbocycles. The number of nitrogens with zero attached hydrogens (tertiary/aromatic N) is 1. The molecule has 1 saturated carbocycles. The molecule has 1 aliphatic carbocycles. The second kappa shape index (κ2) is 11.6. The van der Waals surface area contributed by atoms with E-state index in [1.807, 2.05) is 77.7 Å². The van der Waals surface area contributed by atoms with Crippen LogP contribution in [0.25, 0.3) is 17.2 Å². The Bertz CT molecular complexity index is 1190. The van der Waals surface area contributed by atoms with E-state index >= 15 is 0 Å². The molecule has 0 bridgehead atoms. The molecule has 1 amide bonds. The number of carbonyl (C=O) groups excluding carboxylic acids is 1. The summed E-state index contributed by atoms with van der Waals surface area (Å²) in [4.78, 5) is 26.4. The van der Waals surface area contributed by atoms with Crippen LogP contribution >= 0.6 is 0 Å². The van der Waals surface area contributed by atoms with Crippen LogP contribution in [-0.4, -0.2) is 22.1 Å². The van der Waals surface area contributed by atoms with Gasteiger partial charge in [-0.3, -0.25) is 4.79 Å². The van der Waals surface area contributed by atoms with Gasteiger partial charge >= 0.3 is 5.97 Å². The summed E-state index contributed by atoms with van der Waals surface area (Å²) < 4.78 is 0. The van der Waals surface area contributed by atoms with Gasteiger partial charge in [0.2, 0.25) is 5.91 Å². The summed E-state index contributed by atoms with van der Waals surface area (Å²) in [6, 6.07) is 23.5. The van der Waals surface area contributed by atoms with Crippen molar-refractivity contribution in [2.75, 3.05) is 4.90 Å². The maximum atomic E-state index is 13.6. The fourth-order valence-corrected chi connectivity index (χ4v) is 4.66. The lowest BCUT2D eigenvalue weighted by Crippen LogP contribution is -2.36. The Morgan fingerprint density at radius 1 is 0.857 bits per heavy atom. The molecule has 0 radical (unpaired) electrons. The molecule has 35 heavy (non-hydrogen) atoms. The minimum Gasteiger partial charge on any atom is -0.478 e. The topological polar surface area (TPSA) is 77.8 Å². The van der Waals surface area contributed by atoms with Gasteiger partial charge in [0.15, 0.2) is 0 Å². The highest BCUT2D eigenvalue weighted by Crippen LogP contribution is 2.30. The van der Waals surface area contributed by atoms with Gasteiger partial charge in [0.05, 0.1) is 13.2 Å². The second-order valence-corrected chi connectivity index (χ2v) is 9.08. The highest BCUT2D eigenvalue weighted by atomic mass is 16.4. The molecule has 2 N–H and O–H groups in total. The number of carboxylic acid groups (broad SMARTS) is 1. The lowest BCUT2D eigenvalue weighted by Gasteiger charge is -2.30. The van der Waals surface area contributed by atoms with Gasteiger partial charge in [-0.1, -0.05) is 73.9 Å². The second-order valence-electron chi connectivity index (χ2n) is 9.08. The summed E-state index contributed by atoms with van der Waals surface area (Å²) >= 11 is 0. The zero-order valence-electron chi connectivity index (χ0n) is 19.8. The van der Waals surface area contributed by atoms with Crippen molar-refractivity contribution in [2.24, 2.45) is 5.92 Å². The van der Waals surface area contributed by atoms with Crippen molar-refractivity contribution in [3.63, 3.8) is 0 Å². The van der Waals surface area contributed by atoms with Crippen LogP contribution in [0.5, 0.6) is 0 Å². The summed E-state index contributed by atoms with van der Waals surface area (Å²) in [6.07, 6.45) is 7.81. The number of hydrogen-bond acceptors (Lipinski definition) is 3. The number of hydrogen-bond donors (Lipinski definition) is 2. The Morgan fingerprint density at radius 3 is 2.31 bits per heavy atom. The molecule has 5 nitrogen and oxygen atoms in total. The van der Waals surface area contributed by atoms with E-state index in [1.54, 1.807) is 6.08 Å².